The van der Waals surface area contributed by atoms with Gasteiger partial charge in [-0.15, -0.1) is 0 Å². The molecule has 2 fully saturated rings. The first-order valence-corrected chi connectivity index (χ1v) is 5.57. The van der Waals surface area contributed by atoms with Crippen molar-refractivity contribution in [3.05, 3.63) is 0 Å². The Kier molecular flexibility index (Phi) is 2.88. The quantitative estimate of drug-likeness (QED) is 0.737. The molecule has 0 radical (unpaired) electrons. The zero-order chi connectivity index (χ0) is 10.1. The maximum atomic E-state index is 11.8. The second-order valence-electron chi connectivity index (χ2n) is 4.38. The molecular formula is C11H18O3. The fourth-order valence-corrected chi connectivity index (χ4v) is 2.87. The van der Waals surface area contributed by atoms with Crippen LogP contribution in [0, 0.1) is 11.8 Å². The van der Waals surface area contributed by atoms with Crippen LogP contribution in [0.3, 0.4) is 0 Å². The second-order valence-corrected chi connectivity index (χ2v) is 4.38. The normalized spacial score (nSPS) is 40.4. The van der Waals surface area contributed by atoms with Crippen molar-refractivity contribution in [2.75, 3.05) is 6.61 Å². The van der Waals surface area contributed by atoms with Crippen LogP contribution in [-0.4, -0.2) is 29.7 Å². The highest BCUT2D eigenvalue weighted by Gasteiger charge is 2.51. The van der Waals surface area contributed by atoms with Crippen molar-refractivity contribution < 1.29 is 14.6 Å². The van der Waals surface area contributed by atoms with Crippen LogP contribution in [0.5, 0.6) is 0 Å². The van der Waals surface area contributed by atoms with Crippen LogP contribution in [0.15, 0.2) is 0 Å². The lowest BCUT2D eigenvalue weighted by molar-refractivity contribution is -0.126. The zero-order valence-electron chi connectivity index (χ0n) is 8.61. The number of hydrogen-bond acceptors (Lipinski definition) is 3. The van der Waals surface area contributed by atoms with Gasteiger partial charge < -0.3 is 9.84 Å². The summed E-state index contributed by atoms with van der Waals surface area (Å²) in [7, 11) is 0. The minimum absolute atomic E-state index is 0.0151. The Hall–Kier alpha value is -0.410. The van der Waals surface area contributed by atoms with Crippen molar-refractivity contribution >= 4 is 5.78 Å². The van der Waals surface area contributed by atoms with Gasteiger partial charge in [-0.3, -0.25) is 4.79 Å². The van der Waals surface area contributed by atoms with Gasteiger partial charge in [-0.25, -0.2) is 0 Å². The maximum Gasteiger partial charge on any atom is 0.139 e. The molecule has 0 amide bonds. The summed E-state index contributed by atoms with van der Waals surface area (Å²) in [6.45, 7) is 2.11. The van der Waals surface area contributed by atoms with E-state index >= 15 is 0 Å². The van der Waals surface area contributed by atoms with E-state index in [1.165, 1.54) is 0 Å². The van der Waals surface area contributed by atoms with E-state index in [9.17, 15) is 9.90 Å². The third-order valence-electron chi connectivity index (χ3n) is 3.50. The molecule has 80 valence electrons. The molecule has 0 aliphatic carbocycles. The molecule has 3 heteroatoms. The van der Waals surface area contributed by atoms with Gasteiger partial charge in [0.05, 0.1) is 18.1 Å². The number of Topliss-reactive ketones (excluding diaryl/α,β-unsaturated/α-hetero) is 1. The molecule has 2 aliphatic heterocycles. The van der Waals surface area contributed by atoms with Crippen molar-refractivity contribution in [1.29, 1.82) is 0 Å². The molecule has 14 heavy (non-hydrogen) atoms. The number of aliphatic hydroxyl groups excluding tert-OH is 1. The maximum absolute atomic E-state index is 11.8. The van der Waals surface area contributed by atoms with Crippen molar-refractivity contribution in [2.45, 2.75) is 44.8 Å². The fourth-order valence-electron chi connectivity index (χ4n) is 2.87. The smallest absolute Gasteiger partial charge is 0.139 e. The van der Waals surface area contributed by atoms with Gasteiger partial charge in [-0.1, -0.05) is 6.92 Å². The van der Waals surface area contributed by atoms with Gasteiger partial charge in [-0.2, -0.15) is 0 Å². The molecule has 2 aliphatic rings. The average Bonchev–Trinajstić information content (AvgIpc) is 2.76. The van der Waals surface area contributed by atoms with Crippen LogP contribution >= 0.6 is 0 Å². The van der Waals surface area contributed by atoms with Gasteiger partial charge in [0.25, 0.3) is 0 Å². The summed E-state index contributed by atoms with van der Waals surface area (Å²) in [5.74, 6) is 0.352. The molecule has 0 aromatic carbocycles. The van der Waals surface area contributed by atoms with Gasteiger partial charge in [0, 0.05) is 18.9 Å². The highest BCUT2D eigenvalue weighted by Crippen LogP contribution is 2.44. The third-order valence-corrected chi connectivity index (χ3v) is 3.50. The van der Waals surface area contributed by atoms with Crippen molar-refractivity contribution in [1.82, 2.24) is 0 Å². The molecule has 2 bridgehead atoms. The van der Waals surface area contributed by atoms with E-state index in [-0.39, 0.29) is 30.7 Å². The summed E-state index contributed by atoms with van der Waals surface area (Å²) in [5.41, 5.74) is 0. The highest BCUT2D eigenvalue weighted by molar-refractivity contribution is 5.82. The monoisotopic (exact) mass is 198 g/mol. The molecule has 4 unspecified atom stereocenters. The Labute approximate surface area is 84.4 Å². The van der Waals surface area contributed by atoms with Crippen LogP contribution in [0.2, 0.25) is 0 Å². The number of ether oxygens (including phenoxy) is 1. The number of aliphatic hydroxyl groups is 1. The van der Waals surface area contributed by atoms with Crippen LogP contribution in [0.4, 0.5) is 0 Å². The molecule has 4 atom stereocenters. The number of carbonyl (C=O) groups is 1. The van der Waals surface area contributed by atoms with E-state index in [0.717, 1.165) is 19.3 Å². The predicted molar refractivity (Wildman–Crippen MR) is 51.9 cm³/mol. The first-order chi connectivity index (χ1) is 6.77. The molecule has 2 saturated heterocycles. The van der Waals surface area contributed by atoms with Gasteiger partial charge in [0.2, 0.25) is 0 Å². The number of ketones is 1. The molecular weight excluding hydrogens is 180 g/mol. The van der Waals surface area contributed by atoms with E-state index in [2.05, 4.69) is 0 Å². The minimum atomic E-state index is -0.0151. The molecule has 0 saturated carbocycles. The molecule has 1 N–H and O–H groups in total. The van der Waals surface area contributed by atoms with Crippen LogP contribution in [0.25, 0.3) is 0 Å². The Morgan fingerprint density at radius 1 is 1.43 bits per heavy atom. The first kappa shape index (κ1) is 10.1. The van der Waals surface area contributed by atoms with E-state index in [1.54, 1.807) is 0 Å². The summed E-state index contributed by atoms with van der Waals surface area (Å²) < 4.78 is 5.68. The molecule has 0 aromatic rings. The van der Waals surface area contributed by atoms with E-state index in [4.69, 9.17) is 4.74 Å². The minimum Gasteiger partial charge on any atom is -0.396 e. The van der Waals surface area contributed by atoms with Crippen LogP contribution < -0.4 is 0 Å². The molecule has 2 heterocycles. The van der Waals surface area contributed by atoms with Gasteiger partial charge in [0.15, 0.2) is 0 Å². The lowest BCUT2D eigenvalue weighted by atomic mass is 9.76. The summed E-state index contributed by atoms with van der Waals surface area (Å²) in [5, 5.41) is 9.24. The van der Waals surface area contributed by atoms with Crippen LogP contribution in [-0.2, 0) is 9.53 Å². The number of rotatable bonds is 4. The largest absolute Gasteiger partial charge is 0.396 e. The van der Waals surface area contributed by atoms with Crippen molar-refractivity contribution in [3.8, 4) is 0 Å². The van der Waals surface area contributed by atoms with Crippen LogP contribution in [0.1, 0.15) is 32.6 Å². The predicted octanol–water partition coefficient (Wildman–Crippen LogP) is 1.14. The molecule has 0 aromatic heterocycles. The Balaban J connectivity index is 2.06. The number of fused-ring (bicyclic) bond motifs is 2. The molecule has 2 rings (SSSR count). The SMILES string of the molecule is CCCC(=O)C1C2CCC(O2)C1CO. The average molecular weight is 198 g/mol. The van der Waals surface area contributed by atoms with Crippen molar-refractivity contribution in [2.24, 2.45) is 11.8 Å². The van der Waals surface area contributed by atoms with Gasteiger partial charge in [-0.05, 0) is 19.3 Å². The summed E-state index contributed by atoms with van der Waals surface area (Å²) in [4.78, 5) is 11.8. The molecule has 3 nitrogen and oxygen atoms in total. The Morgan fingerprint density at radius 2 is 2.14 bits per heavy atom. The fraction of sp³-hybridized carbons (Fsp3) is 0.909. The van der Waals surface area contributed by atoms with Gasteiger partial charge in [0.1, 0.15) is 5.78 Å². The zero-order valence-corrected chi connectivity index (χ0v) is 8.61. The van der Waals surface area contributed by atoms with E-state index < -0.39 is 0 Å². The highest BCUT2D eigenvalue weighted by atomic mass is 16.5. The Morgan fingerprint density at radius 3 is 2.79 bits per heavy atom. The van der Waals surface area contributed by atoms with E-state index in [0.29, 0.717) is 12.2 Å². The number of hydrogen-bond donors (Lipinski definition) is 1. The lowest BCUT2D eigenvalue weighted by Gasteiger charge is -2.24. The summed E-state index contributed by atoms with van der Waals surface area (Å²) >= 11 is 0. The number of carbonyl (C=O) groups excluding carboxylic acids is 1. The van der Waals surface area contributed by atoms with E-state index in [1.807, 2.05) is 6.92 Å². The summed E-state index contributed by atoms with van der Waals surface area (Å²) in [6.07, 6.45) is 3.80. The second kappa shape index (κ2) is 3.99. The third kappa shape index (κ3) is 1.48. The van der Waals surface area contributed by atoms with Gasteiger partial charge >= 0.3 is 0 Å². The topological polar surface area (TPSA) is 46.5 Å². The summed E-state index contributed by atoms with van der Waals surface area (Å²) in [6, 6.07) is 0. The van der Waals surface area contributed by atoms with Crippen molar-refractivity contribution in [3.63, 3.8) is 0 Å². The first-order valence-electron chi connectivity index (χ1n) is 5.57. The Bertz CT molecular complexity index is 227. The molecule has 0 spiro atoms. The standard InChI is InChI=1S/C11H18O3/c1-2-3-8(13)11-7(6-12)9-4-5-10(11)14-9/h7,9-12H,2-6H2,1H3. The lowest BCUT2D eigenvalue weighted by Crippen LogP contribution is -2.35.